The Morgan fingerprint density at radius 3 is 2.87 bits per heavy atom. The predicted octanol–water partition coefficient (Wildman–Crippen LogP) is 2.43. The first-order valence-electron chi connectivity index (χ1n) is 4.41. The summed E-state index contributed by atoms with van der Waals surface area (Å²) < 4.78 is 31.2. The van der Waals surface area contributed by atoms with Gasteiger partial charge in [0.25, 0.3) is 6.43 Å². The fourth-order valence-electron chi connectivity index (χ4n) is 1.65. The van der Waals surface area contributed by atoms with Crippen molar-refractivity contribution in [2.24, 2.45) is 0 Å². The minimum Gasteiger partial charge on any atom is -0.377 e. The Kier molecular flexibility index (Phi) is 2.79. The molecule has 5 heteroatoms. The Morgan fingerprint density at radius 1 is 1.47 bits per heavy atom. The van der Waals surface area contributed by atoms with E-state index in [4.69, 9.17) is 4.74 Å². The van der Waals surface area contributed by atoms with Gasteiger partial charge in [0.2, 0.25) is 0 Å². The first-order chi connectivity index (χ1) is 7.04. The molecule has 0 amide bonds. The molecule has 2 nitrogen and oxygen atoms in total. The molecule has 0 radical (unpaired) electrons. The number of fused-ring (bicyclic) bond motifs is 1. The van der Waals surface area contributed by atoms with Crippen molar-refractivity contribution in [2.45, 2.75) is 18.6 Å². The molecular formula is C10H9BrF2O2. The molecule has 1 aromatic carbocycles. The molecule has 1 heterocycles. The van der Waals surface area contributed by atoms with Gasteiger partial charge in [0.1, 0.15) is 0 Å². The van der Waals surface area contributed by atoms with Gasteiger partial charge in [-0.2, -0.15) is 0 Å². The number of aliphatic hydroxyl groups is 1. The topological polar surface area (TPSA) is 29.5 Å². The van der Waals surface area contributed by atoms with Crippen LogP contribution >= 0.6 is 15.9 Å². The van der Waals surface area contributed by atoms with Crippen LogP contribution in [0.1, 0.15) is 11.1 Å². The highest BCUT2D eigenvalue weighted by Crippen LogP contribution is 2.36. The minimum absolute atomic E-state index is 0.248. The second kappa shape index (κ2) is 3.81. The molecule has 0 saturated carbocycles. The molecule has 1 aliphatic rings. The average Bonchev–Trinajstić information content (AvgIpc) is 2.19. The monoisotopic (exact) mass is 278 g/mol. The van der Waals surface area contributed by atoms with Crippen molar-refractivity contribution in [3.05, 3.63) is 33.8 Å². The van der Waals surface area contributed by atoms with Gasteiger partial charge < -0.3 is 9.84 Å². The van der Waals surface area contributed by atoms with Crippen molar-refractivity contribution < 1.29 is 18.6 Å². The van der Waals surface area contributed by atoms with Gasteiger partial charge in [-0.25, -0.2) is 8.78 Å². The van der Waals surface area contributed by atoms with E-state index in [-0.39, 0.29) is 18.8 Å². The zero-order valence-corrected chi connectivity index (χ0v) is 9.30. The second-order valence-electron chi connectivity index (χ2n) is 3.52. The molecule has 1 unspecified atom stereocenters. The maximum Gasteiger partial charge on any atom is 0.273 e. The smallest absolute Gasteiger partial charge is 0.273 e. The zero-order valence-electron chi connectivity index (χ0n) is 7.71. The Morgan fingerprint density at radius 2 is 2.20 bits per heavy atom. The van der Waals surface area contributed by atoms with Crippen molar-refractivity contribution >= 4 is 15.9 Å². The van der Waals surface area contributed by atoms with E-state index in [0.717, 1.165) is 0 Å². The number of rotatable bonds is 1. The first kappa shape index (κ1) is 11.0. The van der Waals surface area contributed by atoms with Gasteiger partial charge in [-0.3, -0.25) is 0 Å². The third-order valence-corrected chi connectivity index (χ3v) is 2.97. The molecule has 1 N–H and O–H groups in total. The predicted molar refractivity (Wildman–Crippen MR) is 53.7 cm³/mol. The molecule has 15 heavy (non-hydrogen) atoms. The Balaban J connectivity index is 2.54. The number of hydrogen-bond donors (Lipinski definition) is 1. The van der Waals surface area contributed by atoms with Crippen LogP contribution < -0.4 is 0 Å². The lowest BCUT2D eigenvalue weighted by Gasteiger charge is -2.33. The van der Waals surface area contributed by atoms with Gasteiger partial charge in [0, 0.05) is 4.47 Å². The summed E-state index contributed by atoms with van der Waals surface area (Å²) in [7, 11) is 0. The zero-order chi connectivity index (χ0) is 11.1. The van der Waals surface area contributed by atoms with E-state index in [1.807, 2.05) is 0 Å². The van der Waals surface area contributed by atoms with Crippen molar-refractivity contribution in [3.63, 3.8) is 0 Å². The summed E-state index contributed by atoms with van der Waals surface area (Å²) in [4.78, 5) is 0. The Hall–Kier alpha value is -0.520. The van der Waals surface area contributed by atoms with Gasteiger partial charge >= 0.3 is 0 Å². The van der Waals surface area contributed by atoms with Crippen molar-refractivity contribution in [2.75, 3.05) is 6.61 Å². The van der Waals surface area contributed by atoms with Crippen molar-refractivity contribution in [1.82, 2.24) is 0 Å². The van der Waals surface area contributed by atoms with Crippen LogP contribution in [0.25, 0.3) is 0 Å². The molecule has 0 spiro atoms. The van der Waals surface area contributed by atoms with Crippen LogP contribution in [0, 0.1) is 0 Å². The third kappa shape index (κ3) is 1.79. The van der Waals surface area contributed by atoms with Crippen molar-refractivity contribution in [3.8, 4) is 0 Å². The highest BCUT2D eigenvalue weighted by Gasteiger charge is 2.43. The number of halogens is 3. The maximum atomic E-state index is 12.8. The maximum absolute atomic E-state index is 12.8. The SMILES string of the molecule is OC1(C(F)F)COCc2ccc(Br)cc21. The molecule has 0 saturated heterocycles. The van der Waals surface area contributed by atoms with E-state index in [0.29, 0.717) is 10.0 Å². The largest absolute Gasteiger partial charge is 0.377 e. The van der Waals surface area contributed by atoms with E-state index >= 15 is 0 Å². The van der Waals surface area contributed by atoms with E-state index in [9.17, 15) is 13.9 Å². The average molecular weight is 279 g/mol. The summed E-state index contributed by atoms with van der Waals surface area (Å²) in [5.41, 5.74) is -1.33. The molecule has 82 valence electrons. The Labute approximate surface area is 94.0 Å². The highest BCUT2D eigenvalue weighted by molar-refractivity contribution is 9.10. The quantitative estimate of drug-likeness (QED) is 0.855. The fraction of sp³-hybridized carbons (Fsp3) is 0.400. The van der Waals surface area contributed by atoms with Gasteiger partial charge in [0.15, 0.2) is 5.60 Å². The lowest BCUT2D eigenvalue weighted by molar-refractivity contribution is -0.156. The summed E-state index contributed by atoms with van der Waals surface area (Å²) in [5, 5.41) is 9.83. The molecular weight excluding hydrogens is 270 g/mol. The molecule has 0 fully saturated rings. The number of hydrogen-bond acceptors (Lipinski definition) is 2. The van der Waals surface area contributed by atoms with E-state index < -0.39 is 12.0 Å². The number of alkyl halides is 2. The number of benzene rings is 1. The summed E-state index contributed by atoms with van der Waals surface area (Å²) in [5.74, 6) is 0. The third-order valence-electron chi connectivity index (χ3n) is 2.48. The van der Waals surface area contributed by atoms with Crippen LogP contribution in [0.2, 0.25) is 0 Å². The van der Waals surface area contributed by atoms with Gasteiger partial charge in [0.05, 0.1) is 13.2 Å². The summed E-state index contributed by atoms with van der Waals surface area (Å²) in [6.45, 7) is -0.105. The molecule has 1 aromatic rings. The minimum atomic E-state index is -2.86. The molecule has 0 aliphatic carbocycles. The molecule has 1 atom stereocenters. The van der Waals surface area contributed by atoms with Crippen LogP contribution in [-0.4, -0.2) is 18.1 Å². The normalized spacial score (nSPS) is 25.4. The van der Waals surface area contributed by atoms with Crippen LogP contribution in [0.15, 0.2) is 22.7 Å². The number of ether oxygens (including phenoxy) is 1. The van der Waals surface area contributed by atoms with Crippen molar-refractivity contribution in [1.29, 1.82) is 0 Å². The Bertz CT molecular complexity index is 384. The van der Waals surface area contributed by atoms with E-state index in [1.165, 1.54) is 6.07 Å². The van der Waals surface area contributed by atoms with E-state index in [1.54, 1.807) is 12.1 Å². The lowest BCUT2D eigenvalue weighted by atomic mass is 9.89. The van der Waals surface area contributed by atoms with Crippen LogP contribution in [0.3, 0.4) is 0 Å². The highest BCUT2D eigenvalue weighted by atomic mass is 79.9. The molecule has 1 aliphatic heterocycles. The molecule has 0 bridgehead atoms. The van der Waals surface area contributed by atoms with Crippen LogP contribution in [0.5, 0.6) is 0 Å². The second-order valence-corrected chi connectivity index (χ2v) is 4.43. The van der Waals surface area contributed by atoms with E-state index in [2.05, 4.69) is 15.9 Å². The summed E-state index contributed by atoms with van der Waals surface area (Å²) in [6, 6.07) is 4.93. The van der Waals surface area contributed by atoms with Gasteiger partial charge in [-0.1, -0.05) is 22.0 Å². The van der Waals surface area contributed by atoms with Crippen LogP contribution in [0.4, 0.5) is 8.78 Å². The molecule has 2 rings (SSSR count). The van der Waals surface area contributed by atoms with Crippen LogP contribution in [-0.2, 0) is 16.9 Å². The summed E-state index contributed by atoms with van der Waals surface area (Å²) in [6.07, 6.45) is -2.86. The lowest BCUT2D eigenvalue weighted by Crippen LogP contribution is -2.42. The van der Waals surface area contributed by atoms with Gasteiger partial charge in [-0.05, 0) is 23.3 Å². The van der Waals surface area contributed by atoms with Gasteiger partial charge in [-0.15, -0.1) is 0 Å². The fourth-order valence-corrected chi connectivity index (χ4v) is 2.01. The summed E-state index contributed by atoms with van der Waals surface area (Å²) >= 11 is 3.19. The molecule has 0 aromatic heterocycles. The standard InChI is InChI=1S/C10H9BrF2O2/c11-7-2-1-6-4-15-5-10(14,9(12)13)8(6)3-7/h1-3,9,14H,4-5H2. The first-order valence-corrected chi connectivity index (χ1v) is 5.20.